The van der Waals surface area contributed by atoms with E-state index in [1.165, 1.54) is 12.0 Å². The Balaban J connectivity index is 2.17. The Morgan fingerprint density at radius 1 is 1.24 bits per heavy atom. The van der Waals surface area contributed by atoms with Gasteiger partial charge in [-0.25, -0.2) is 4.79 Å². The molecule has 10 heteroatoms. The van der Waals surface area contributed by atoms with Gasteiger partial charge in [-0.05, 0) is 43.9 Å². The lowest BCUT2D eigenvalue weighted by Crippen LogP contribution is -2.60. The first kappa shape index (κ1) is 28.3. The van der Waals surface area contributed by atoms with Crippen molar-refractivity contribution < 1.29 is 33.5 Å². The van der Waals surface area contributed by atoms with Crippen molar-refractivity contribution in [2.45, 2.75) is 77.9 Å². The number of methoxy groups -OCH3 is 1. The zero-order valence-corrected chi connectivity index (χ0v) is 21.3. The van der Waals surface area contributed by atoms with E-state index in [9.17, 15) is 19.7 Å². The summed E-state index contributed by atoms with van der Waals surface area (Å²) >= 11 is 0. The second-order valence-corrected chi connectivity index (χ2v) is 10.1. The van der Waals surface area contributed by atoms with Gasteiger partial charge in [0.15, 0.2) is 0 Å². The van der Waals surface area contributed by atoms with E-state index in [2.05, 4.69) is 20.8 Å². The molecule has 0 aromatic carbocycles. The molecule has 0 spiro atoms. The number of likely N-dealkylation sites (tertiary alicyclic amines) is 1. The molecule has 2 aliphatic rings. The van der Waals surface area contributed by atoms with Gasteiger partial charge in [-0.2, -0.15) is 0 Å². The molecule has 0 unspecified atom stereocenters. The fraction of sp³-hybridized carbons (Fsp3) is 0.917. The predicted octanol–water partition coefficient (Wildman–Crippen LogP) is 3.89. The number of esters is 1. The third-order valence-electron chi connectivity index (χ3n) is 7.40. The van der Waals surface area contributed by atoms with E-state index < -0.39 is 23.5 Å². The fourth-order valence-electron chi connectivity index (χ4n) is 5.42. The number of piperidine rings is 1. The molecule has 0 radical (unpaired) electrons. The lowest BCUT2D eigenvalue weighted by molar-refractivity contribution is -0.586. The van der Waals surface area contributed by atoms with Crippen molar-refractivity contribution in [3.05, 3.63) is 10.1 Å². The van der Waals surface area contributed by atoms with Crippen LogP contribution in [0.1, 0.15) is 66.2 Å². The minimum absolute atomic E-state index is 0.0124. The Labute approximate surface area is 202 Å². The molecule has 0 N–H and O–H groups in total. The van der Waals surface area contributed by atoms with E-state index in [4.69, 9.17) is 18.9 Å². The quantitative estimate of drug-likeness (QED) is 0.142. The first-order valence-corrected chi connectivity index (χ1v) is 12.5. The number of hydrogen-bond acceptors (Lipinski definition) is 8. The number of hydrogen-bond donors (Lipinski definition) is 0. The molecule has 1 aliphatic carbocycles. The molecule has 5 atom stereocenters. The van der Waals surface area contributed by atoms with Gasteiger partial charge in [-0.1, -0.05) is 27.2 Å². The average Bonchev–Trinajstić information content (AvgIpc) is 2.77. The topological polar surface area (TPSA) is 117 Å². The number of amides is 1. The molecule has 1 aliphatic heterocycles. The van der Waals surface area contributed by atoms with E-state index >= 15 is 0 Å². The van der Waals surface area contributed by atoms with Crippen LogP contribution in [-0.2, 0) is 23.7 Å². The van der Waals surface area contributed by atoms with Gasteiger partial charge in [0.25, 0.3) is 0 Å². The highest BCUT2D eigenvalue weighted by Crippen LogP contribution is 2.39. The largest absolute Gasteiger partial charge is 0.462 e. The van der Waals surface area contributed by atoms with Gasteiger partial charge in [0.2, 0.25) is 5.54 Å². The Bertz CT molecular complexity index is 688. The van der Waals surface area contributed by atoms with Crippen molar-refractivity contribution in [1.29, 1.82) is 0 Å². The predicted molar refractivity (Wildman–Crippen MR) is 125 cm³/mol. The van der Waals surface area contributed by atoms with Crippen molar-refractivity contribution in [2.24, 2.45) is 23.7 Å². The number of nitro groups is 1. The maximum Gasteiger partial charge on any atom is 0.409 e. The van der Waals surface area contributed by atoms with E-state index in [1.807, 2.05) is 0 Å². The summed E-state index contributed by atoms with van der Waals surface area (Å²) in [5.74, 6) is 0.201. The van der Waals surface area contributed by atoms with Gasteiger partial charge in [-0.3, -0.25) is 14.9 Å². The maximum absolute atomic E-state index is 13.1. The molecule has 2 fully saturated rings. The molecule has 2 rings (SSSR count). The molecular weight excluding hydrogens is 444 g/mol. The number of carbonyl (C=O) groups excluding carboxylic acids is 2. The Hall–Kier alpha value is -1.94. The zero-order chi connectivity index (χ0) is 25.3. The average molecular weight is 487 g/mol. The normalized spacial score (nSPS) is 29.6. The summed E-state index contributed by atoms with van der Waals surface area (Å²) in [4.78, 5) is 38.8. The van der Waals surface area contributed by atoms with Crippen LogP contribution in [0, 0.1) is 33.8 Å². The molecule has 1 saturated carbocycles. The smallest absolute Gasteiger partial charge is 0.409 e. The molecule has 0 aromatic rings. The summed E-state index contributed by atoms with van der Waals surface area (Å²) in [7, 11) is 1.47. The maximum atomic E-state index is 13.1. The third kappa shape index (κ3) is 7.28. The van der Waals surface area contributed by atoms with Crippen molar-refractivity contribution >= 4 is 12.1 Å². The van der Waals surface area contributed by atoms with E-state index in [0.29, 0.717) is 30.7 Å². The molecule has 1 saturated heterocycles. The van der Waals surface area contributed by atoms with Gasteiger partial charge in [0.1, 0.15) is 12.9 Å². The van der Waals surface area contributed by atoms with Gasteiger partial charge < -0.3 is 23.8 Å². The lowest BCUT2D eigenvalue weighted by Gasteiger charge is -2.42. The minimum Gasteiger partial charge on any atom is -0.462 e. The molecule has 1 amide bonds. The van der Waals surface area contributed by atoms with Crippen LogP contribution in [0.2, 0.25) is 0 Å². The van der Waals surface area contributed by atoms with Crippen LogP contribution in [0.15, 0.2) is 0 Å². The highest BCUT2D eigenvalue weighted by molar-refractivity contribution is 5.71. The summed E-state index contributed by atoms with van der Waals surface area (Å²) < 4.78 is 21.3. The molecule has 34 heavy (non-hydrogen) atoms. The van der Waals surface area contributed by atoms with Gasteiger partial charge in [0.05, 0.1) is 26.2 Å². The Morgan fingerprint density at radius 3 is 2.59 bits per heavy atom. The number of rotatable bonds is 11. The van der Waals surface area contributed by atoms with Crippen LogP contribution in [0.25, 0.3) is 0 Å². The second kappa shape index (κ2) is 13.2. The highest BCUT2D eigenvalue weighted by Gasteiger charge is 2.55. The lowest BCUT2D eigenvalue weighted by atomic mass is 9.74. The van der Waals surface area contributed by atoms with Crippen LogP contribution in [0.4, 0.5) is 4.79 Å². The first-order valence-electron chi connectivity index (χ1n) is 12.5. The molecule has 10 nitrogen and oxygen atoms in total. The van der Waals surface area contributed by atoms with Crippen LogP contribution in [-0.4, -0.2) is 73.7 Å². The molecule has 1 heterocycles. The van der Waals surface area contributed by atoms with Crippen molar-refractivity contribution in [2.75, 3.05) is 40.2 Å². The van der Waals surface area contributed by atoms with E-state index in [1.54, 1.807) is 6.92 Å². The molecule has 196 valence electrons. The van der Waals surface area contributed by atoms with Gasteiger partial charge in [-0.15, -0.1) is 0 Å². The van der Waals surface area contributed by atoms with Crippen molar-refractivity contribution in [3.8, 4) is 0 Å². The van der Waals surface area contributed by atoms with Gasteiger partial charge in [0, 0.05) is 30.9 Å². The number of carbonyl (C=O) groups is 2. The number of ether oxygens (including phenoxy) is 4. The molecular formula is C24H42N2O8. The summed E-state index contributed by atoms with van der Waals surface area (Å²) in [6.07, 6.45) is 2.52. The Morgan fingerprint density at radius 2 is 1.97 bits per heavy atom. The molecule has 0 bridgehead atoms. The first-order chi connectivity index (χ1) is 16.1. The minimum atomic E-state index is -1.53. The second-order valence-electron chi connectivity index (χ2n) is 10.1. The molecule has 0 aromatic heterocycles. The van der Waals surface area contributed by atoms with E-state index in [0.717, 1.165) is 19.3 Å². The summed E-state index contributed by atoms with van der Waals surface area (Å²) in [5, 5.41) is 12.4. The highest BCUT2D eigenvalue weighted by atomic mass is 16.7. The standard InChI is InChI=1S/C24H42N2O8/c1-6-33-23(28)25-11-9-19(24(15-25,26(29)30)10-12-32-16-31-5)14-22(27)34-21-13-18(4)7-8-20(21)17(2)3/h17-21H,6-16H2,1-5H3/t18-,19-,20+,21-,24+/m1/s1. The van der Waals surface area contributed by atoms with Crippen LogP contribution in [0.5, 0.6) is 0 Å². The number of nitrogens with zero attached hydrogens (tertiary/aromatic N) is 2. The van der Waals surface area contributed by atoms with Crippen molar-refractivity contribution in [3.63, 3.8) is 0 Å². The van der Waals surface area contributed by atoms with Crippen LogP contribution >= 0.6 is 0 Å². The van der Waals surface area contributed by atoms with E-state index in [-0.39, 0.29) is 50.4 Å². The summed E-state index contributed by atoms with van der Waals surface area (Å²) in [5.41, 5.74) is -1.53. The van der Waals surface area contributed by atoms with Crippen LogP contribution in [0.3, 0.4) is 0 Å². The van der Waals surface area contributed by atoms with Crippen molar-refractivity contribution in [1.82, 2.24) is 4.90 Å². The fourth-order valence-corrected chi connectivity index (χ4v) is 5.42. The third-order valence-corrected chi connectivity index (χ3v) is 7.40. The SMILES string of the molecule is CCOC(=O)N1CC[C@H](CC(=O)O[C@@H]2C[C@H](C)CC[C@H]2C(C)C)[C@@](CCOCOC)([N+](=O)[O-])C1. The monoisotopic (exact) mass is 486 g/mol. The summed E-state index contributed by atoms with van der Waals surface area (Å²) in [6, 6.07) is 0. The summed E-state index contributed by atoms with van der Waals surface area (Å²) in [6.45, 7) is 8.57. The van der Waals surface area contributed by atoms with Crippen LogP contribution < -0.4 is 0 Å². The van der Waals surface area contributed by atoms with Gasteiger partial charge >= 0.3 is 12.1 Å². The zero-order valence-electron chi connectivity index (χ0n) is 21.3. The Kier molecular flexibility index (Phi) is 11.0.